The zero-order chi connectivity index (χ0) is 7.56. The molecule has 0 amide bonds. The summed E-state index contributed by atoms with van der Waals surface area (Å²) in [5.41, 5.74) is 2.37. The molecular formula is C8H9BCl. The van der Waals surface area contributed by atoms with Crippen LogP contribution in [0.25, 0.3) is 0 Å². The summed E-state index contributed by atoms with van der Waals surface area (Å²) >= 11 is 5.90. The summed E-state index contributed by atoms with van der Waals surface area (Å²) in [6, 6.07) is 5.93. The molecule has 0 unspecified atom stereocenters. The van der Waals surface area contributed by atoms with E-state index in [-0.39, 0.29) is 0 Å². The van der Waals surface area contributed by atoms with Crippen molar-refractivity contribution in [2.45, 2.75) is 13.7 Å². The average molecular weight is 151 g/mol. The monoisotopic (exact) mass is 151 g/mol. The Kier molecular flexibility index (Phi) is 2.39. The number of rotatable bonds is 1. The molecule has 0 N–H and O–H groups in total. The van der Waals surface area contributed by atoms with Gasteiger partial charge in [-0.3, -0.25) is 0 Å². The zero-order valence-corrected chi connectivity index (χ0v) is 6.94. The normalized spacial score (nSPS) is 9.50. The van der Waals surface area contributed by atoms with Gasteiger partial charge in [0, 0.05) is 5.02 Å². The van der Waals surface area contributed by atoms with Crippen molar-refractivity contribution in [1.82, 2.24) is 0 Å². The highest BCUT2D eigenvalue weighted by Crippen LogP contribution is 2.06. The number of hydrogen-bond acceptors (Lipinski definition) is 0. The summed E-state index contributed by atoms with van der Waals surface area (Å²) in [5, 5.41) is 0.836. The van der Waals surface area contributed by atoms with Crippen LogP contribution >= 0.6 is 11.6 Å². The summed E-state index contributed by atoms with van der Waals surface area (Å²) < 4.78 is 0. The smallest absolute Gasteiger partial charge is 0.0872 e. The Balaban J connectivity index is 3.17. The van der Waals surface area contributed by atoms with Crippen LogP contribution in [0.1, 0.15) is 5.56 Å². The van der Waals surface area contributed by atoms with Gasteiger partial charge >= 0.3 is 0 Å². The molecule has 0 aliphatic rings. The predicted octanol–water partition coefficient (Wildman–Crippen LogP) is 2.03. The van der Waals surface area contributed by atoms with E-state index in [9.17, 15) is 0 Å². The van der Waals surface area contributed by atoms with Crippen LogP contribution in [0.3, 0.4) is 0 Å². The topological polar surface area (TPSA) is 0 Å². The molecule has 0 saturated heterocycles. The van der Waals surface area contributed by atoms with E-state index in [0.29, 0.717) is 0 Å². The molecule has 0 aliphatic heterocycles. The molecule has 1 aromatic rings. The molecule has 0 atom stereocenters. The van der Waals surface area contributed by atoms with E-state index in [1.54, 1.807) is 0 Å². The van der Waals surface area contributed by atoms with Gasteiger partial charge in [0.25, 0.3) is 0 Å². The first-order valence-electron chi connectivity index (χ1n) is 3.30. The molecule has 0 aromatic heterocycles. The fourth-order valence-electron chi connectivity index (χ4n) is 1.01. The first-order valence-corrected chi connectivity index (χ1v) is 3.68. The third kappa shape index (κ3) is 1.35. The molecule has 10 heavy (non-hydrogen) atoms. The second-order valence-corrected chi connectivity index (χ2v) is 2.67. The molecular weight excluding hydrogens is 142 g/mol. The first kappa shape index (κ1) is 7.68. The Morgan fingerprint density at radius 1 is 1.40 bits per heavy atom. The fourth-order valence-corrected chi connectivity index (χ4v) is 1.34. The van der Waals surface area contributed by atoms with Gasteiger partial charge in [0.05, 0.1) is 0 Å². The standard InChI is InChI=1S/C8H9BCl/c1-6-4-3-5-7(10)8(6)9-2/h3-5H,1-2H3. The Labute approximate surface area is 67.5 Å². The van der Waals surface area contributed by atoms with Crippen molar-refractivity contribution in [3.8, 4) is 0 Å². The van der Waals surface area contributed by atoms with Gasteiger partial charge in [0.15, 0.2) is 7.28 Å². The molecule has 0 fully saturated rings. The van der Waals surface area contributed by atoms with Crippen LogP contribution in [0.15, 0.2) is 18.2 Å². The summed E-state index contributed by atoms with van der Waals surface area (Å²) in [6.07, 6.45) is 0. The SMILES string of the molecule is C[B]c1c(C)cccc1Cl. The molecule has 1 rings (SSSR count). The van der Waals surface area contributed by atoms with Gasteiger partial charge in [-0.1, -0.05) is 41.6 Å². The van der Waals surface area contributed by atoms with Crippen molar-refractivity contribution in [3.05, 3.63) is 28.8 Å². The van der Waals surface area contributed by atoms with Crippen LogP contribution in [0.4, 0.5) is 0 Å². The Morgan fingerprint density at radius 2 is 2.10 bits per heavy atom. The Morgan fingerprint density at radius 3 is 2.50 bits per heavy atom. The van der Waals surface area contributed by atoms with Crippen molar-refractivity contribution in [2.24, 2.45) is 0 Å². The number of halogens is 1. The lowest BCUT2D eigenvalue weighted by atomic mass is 9.71. The van der Waals surface area contributed by atoms with Crippen LogP contribution in [-0.4, -0.2) is 7.28 Å². The highest BCUT2D eigenvalue weighted by atomic mass is 35.5. The van der Waals surface area contributed by atoms with Crippen LogP contribution in [0.5, 0.6) is 0 Å². The highest BCUT2D eigenvalue weighted by molar-refractivity contribution is 6.57. The van der Waals surface area contributed by atoms with Gasteiger partial charge in [0.2, 0.25) is 0 Å². The molecule has 0 nitrogen and oxygen atoms in total. The van der Waals surface area contributed by atoms with Gasteiger partial charge in [-0.15, -0.1) is 0 Å². The second kappa shape index (κ2) is 3.11. The van der Waals surface area contributed by atoms with Gasteiger partial charge < -0.3 is 0 Å². The molecule has 0 spiro atoms. The maximum atomic E-state index is 5.90. The molecule has 0 bridgehead atoms. The third-order valence-electron chi connectivity index (χ3n) is 1.56. The molecule has 1 radical (unpaired) electrons. The van der Waals surface area contributed by atoms with Crippen LogP contribution in [0, 0.1) is 6.92 Å². The van der Waals surface area contributed by atoms with E-state index in [4.69, 9.17) is 11.6 Å². The van der Waals surface area contributed by atoms with Gasteiger partial charge in [0.1, 0.15) is 0 Å². The fraction of sp³-hybridized carbons (Fsp3) is 0.250. The van der Waals surface area contributed by atoms with Crippen molar-refractivity contribution in [3.63, 3.8) is 0 Å². The quantitative estimate of drug-likeness (QED) is 0.539. The predicted molar refractivity (Wildman–Crippen MR) is 47.4 cm³/mol. The van der Waals surface area contributed by atoms with Crippen molar-refractivity contribution in [2.75, 3.05) is 0 Å². The van der Waals surface area contributed by atoms with E-state index < -0.39 is 0 Å². The average Bonchev–Trinajstić information content (AvgIpc) is 1.88. The molecule has 0 heterocycles. The molecule has 1 aromatic carbocycles. The Hall–Kier alpha value is -0.425. The van der Waals surface area contributed by atoms with Gasteiger partial charge in [-0.05, 0) is 13.0 Å². The van der Waals surface area contributed by atoms with E-state index in [1.807, 2.05) is 26.2 Å². The molecule has 2 heteroatoms. The third-order valence-corrected chi connectivity index (χ3v) is 1.89. The molecule has 0 aliphatic carbocycles. The largest absolute Gasteiger partial charge is 0.150 e. The van der Waals surface area contributed by atoms with Crippen molar-refractivity contribution in [1.29, 1.82) is 0 Å². The number of aryl methyl sites for hydroxylation is 1. The number of hydrogen-bond donors (Lipinski definition) is 0. The summed E-state index contributed by atoms with van der Waals surface area (Å²) in [5.74, 6) is 0. The lowest BCUT2D eigenvalue weighted by molar-refractivity contribution is 1.51. The molecule has 0 saturated carbocycles. The van der Waals surface area contributed by atoms with Gasteiger partial charge in [-0.2, -0.15) is 0 Å². The van der Waals surface area contributed by atoms with Crippen molar-refractivity contribution >= 4 is 24.3 Å². The van der Waals surface area contributed by atoms with E-state index >= 15 is 0 Å². The van der Waals surface area contributed by atoms with Crippen LogP contribution in [-0.2, 0) is 0 Å². The highest BCUT2D eigenvalue weighted by Gasteiger charge is 1.99. The number of benzene rings is 1. The summed E-state index contributed by atoms with van der Waals surface area (Å²) in [7, 11) is 2.03. The van der Waals surface area contributed by atoms with E-state index in [2.05, 4.69) is 13.0 Å². The van der Waals surface area contributed by atoms with Crippen molar-refractivity contribution < 1.29 is 0 Å². The minimum Gasteiger partial charge on any atom is -0.0872 e. The summed E-state index contributed by atoms with van der Waals surface area (Å²) in [4.78, 5) is 0. The maximum Gasteiger partial charge on any atom is 0.150 e. The first-order chi connectivity index (χ1) is 4.75. The van der Waals surface area contributed by atoms with Crippen LogP contribution < -0.4 is 5.46 Å². The van der Waals surface area contributed by atoms with Crippen LogP contribution in [0.2, 0.25) is 11.8 Å². The molecule has 51 valence electrons. The second-order valence-electron chi connectivity index (χ2n) is 2.26. The lowest BCUT2D eigenvalue weighted by Crippen LogP contribution is -2.15. The zero-order valence-electron chi connectivity index (χ0n) is 6.19. The lowest BCUT2D eigenvalue weighted by Gasteiger charge is -2.02. The maximum absolute atomic E-state index is 5.90. The van der Waals surface area contributed by atoms with E-state index in [1.165, 1.54) is 5.56 Å². The van der Waals surface area contributed by atoms with Gasteiger partial charge in [-0.25, -0.2) is 0 Å². The Bertz CT molecular complexity index is 212. The summed E-state index contributed by atoms with van der Waals surface area (Å²) in [6.45, 7) is 4.05. The van der Waals surface area contributed by atoms with E-state index in [0.717, 1.165) is 10.5 Å². The minimum absolute atomic E-state index is 0.836. The minimum atomic E-state index is 0.836.